The van der Waals surface area contributed by atoms with Gasteiger partial charge in [-0.1, -0.05) is 40.3 Å². The highest BCUT2D eigenvalue weighted by Crippen LogP contribution is 1.92. The first kappa shape index (κ1) is 12.3. The largest absolute Gasteiger partial charge is 0.353 e. The second-order valence-corrected chi connectivity index (χ2v) is 2.92. The molecule has 1 rings (SSSR count). The zero-order valence-electron chi connectivity index (χ0n) is 7.54. The van der Waals surface area contributed by atoms with E-state index in [-0.39, 0.29) is 0 Å². The van der Waals surface area contributed by atoms with Gasteiger partial charge in [-0.05, 0) is 6.92 Å². The average Bonchev–Trinajstić information content (AvgIpc) is 2.03. The molecule has 76 valence electrons. The molecular formula is C8H10N2O3S. The van der Waals surface area contributed by atoms with Gasteiger partial charge in [0.1, 0.15) is 0 Å². The molecule has 0 spiro atoms. The van der Waals surface area contributed by atoms with Crippen LogP contribution in [0.1, 0.15) is 5.56 Å². The van der Waals surface area contributed by atoms with Gasteiger partial charge in [-0.15, -0.1) is 0 Å². The van der Waals surface area contributed by atoms with Crippen molar-refractivity contribution in [1.29, 1.82) is 0 Å². The van der Waals surface area contributed by atoms with E-state index in [1.807, 2.05) is 18.2 Å². The predicted molar refractivity (Wildman–Crippen MR) is 52.1 cm³/mol. The standard InChI is InChI=1S/C7H8.CH2N2O3S/c1-7-5-3-2-4-6-7;2-1(4)3-7(5)6/h2-6H,1H3;(H2,2,4). The number of hydrogen-bond donors (Lipinski definition) is 1. The maximum absolute atomic E-state index is 9.47. The Kier molecular flexibility index (Phi) is 5.97. The zero-order valence-corrected chi connectivity index (χ0v) is 8.36. The molecule has 2 amide bonds. The molecule has 2 N–H and O–H groups in total. The summed E-state index contributed by atoms with van der Waals surface area (Å²) in [4.78, 5) is 9.47. The summed E-state index contributed by atoms with van der Waals surface area (Å²) < 4.78 is 21.0. The van der Waals surface area contributed by atoms with Crippen molar-refractivity contribution in [2.75, 3.05) is 0 Å². The van der Waals surface area contributed by atoms with Crippen LogP contribution in [-0.2, 0) is 10.5 Å². The van der Waals surface area contributed by atoms with Crippen LogP contribution in [0.5, 0.6) is 0 Å². The minimum atomic E-state index is -2.70. The quantitative estimate of drug-likeness (QED) is 0.701. The molecule has 0 unspecified atom stereocenters. The van der Waals surface area contributed by atoms with E-state index in [0.29, 0.717) is 0 Å². The van der Waals surface area contributed by atoms with E-state index in [2.05, 4.69) is 29.2 Å². The van der Waals surface area contributed by atoms with Crippen LogP contribution < -0.4 is 5.73 Å². The van der Waals surface area contributed by atoms with E-state index in [4.69, 9.17) is 0 Å². The van der Waals surface area contributed by atoms with Gasteiger partial charge in [0.2, 0.25) is 0 Å². The normalized spacial score (nSPS) is 8.07. The van der Waals surface area contributed by atoms with Gasteiger partial charge in [0.05, 0.1) is 0 Å². The molecule has 0 fully saturated rings. The number of benzene rings is 1. The number of rotatable bonds is 0. The SMILES string of the molecule is Cc1ccccc1.NC(=O)N=S(=O)=O. The third-order valence-corrected chi connectivity index (χ3v) is 1.43. The lowest BCUT2D eigenvalue weighted by Gasteiger charge is -1.82. The molecule has 0 saturated heterocycles. The molecule has 0 aromatic heterocycles. The average molecular weight is 214 g/mol. The molecule has 0 heterocycles. The summed E-state index contributed by atoms with van der Waals surface area (Å²) in [6.07, 6.45) is 0. The Bertz CT molecular complexity index is 403. The molecule has 0 bridgehead atoms. The van der Waals surface area contributed by atoms with E-state index < -0.39 is 16.5 Å². The highest BCUT2D eigenvalue weighted by atomic mass is 32.2. The number of nitrogens with zero attached hydrogens (tertiary/aromatic N) is 1. The fourth-order valence-electron chi connectivity index (χ4n) is 0.608. The fourth-order valence-corrected chi connectivity index (χ4v) is 0.755. The van der Waals surface area contributed by atoms with Crippen molar-refractivity contribution in [1.82, 2.24) is 0 Å². The van der Waals surface area contributed by atoms with Crippen molar-refractivity contribution in [3.63, 3.8) is 0 Å². The molecule has 0 saturated carbocycles. The maximum atomic E-state index is 9.47. The highest BCUT2D eigenvalue weighted by molar-refractivity contribution is 7.62. The van der Waals surface area contributed by atoms with Crippen LogP contribution in [0.3, 0.4) is 0 Å². The lowest BCUT2D eigenvalue weighted by molar-refractivity contribution is 0.257. The molecular weight excluding hydrogens is 204 g/mol. The maximum Gasteiger partial charge on any atom is 0.353 e. The number of nitrogens with two attached hydrogens (primary N) is 1. The van der Waals surface area contributed by atoms with E-state index in [1.54, 1.807) is 0 Å². The van der Waals surface area contributed by atoms with E-state index >= 15 is 0 Å². The van der Waals surface area contributed by atoms with Crippen molar-refractivity contribution < 1.29 is 13.2 Å². The lowest BCUT2D eigenvalue weighted by Crippen LogP contribution is -2.02. The Labute approximate surface area is 83.3 Å². The van der Waals surface area contributed by atoms with Crippen molar-refractivity contribution in [2.24, 2.45) is 10.1 Å². The number of aryl methyl sites for hydroxylation is 1. The van der Waals surface area contributed by atoms with Crippen molar-refractivity contribution in [3.05, 3.63) is 35.9 Å². The monoisotopic (exact) mass is 214 g/mol. The van der Waals surface area contributed by atoms with Crippen LogP contribution in [0.4, 0.5) is 4.79 Å². The summed E-state index contributed by atoms with van der Waals surface area (Å²) in [6.45, 7) is 2.08. The number of carbonyl (C=O) groups excluding carboxylic acids is 1. The molecule has 1 aromatic rings. The molecule has 0 atom stereocenters. The molecule has 0 aliphatic rings. The predicted octanol–water partition coefficient (Wildman–Crippen LogP) is 1.12. The first-order valence-electron chi connectivity index (χ1n) is 3.64. The van der Waals surface area contributed by atoms with E-state index in [0.717, 1.165) is 0 Å². The van der Waals surface area contributed by atoms with Gasteiger partial charge in [0.25, 0.3) is 0 Å². The van der Waals surface area contributed by atoms with Gasteiger partial charge < -0.3 is 5.73 Å². The third kappa shape index (κ3) is 8.41. The lowest BCUT2D eigenvalue weighted by atomic mass is 10.2. The summed E-state index contributed by atoms with van der Waals surface area (Å²) in [5.74, 6) is 0. The van der Waals surface area contributed by atoms with Gasteiger partial charge in [0.15, 0.2) is 0 Å². The van der Waals surface area contributed by atoms with Crippen molar-refractivity contribution in [3.8, 4) is 0 Å². The van der Waals surface area contributed by atoms with Gasteiger partial charge in [0, 0.05) is 0 Å². The van der Waals surface area contributed by atoms with Crippen LogP contribution in [-0.4, -0.2) is 14.4 Å². The molecule has 6 heteroatoms. The van der Waals surface area contributed by atoms with Crippen molar-refractivity contribution in [2.45, 2.75) is 6.92 Å². The summed E-state index contributed by atoms with van der Waals surface area (Å²) in [5.41, 5.74) is 5.62. The van der Waals surface area contributed by atoms with Crippen molar-refractivity contribution >= 4 is 16.5 Å². The Balaban J connectivity index is 0.000000241. The van der Waals surface area contributed by atoms with E-state index in [1.165, 1.54) is 5.56 Å². The van der Waals surface area contributed by atoms with Crippen LogP contribution in [0, 0.1) is 6.92 Å². The third-order valence-electron chi connectivity index (χ3n) is 1.10. The smallest absolute Gasteiger partial charge is 0.349 e. The first-order valence-corrected chi connectivity index (χ1v) is 4.67. The summed E-state index contributed by atoms with van der Waals surface area (Å²) in [6, 6.07) is 9.06. The fraction of sp³-hybridized carbons (Fsp3) is 0.125. The van der Waals surface area contributed by atoms with Crippen LogP contribution in [0.2, 0.25) is 0 Å². The second kappa shape index (κ2) is 6.79. The molecule has 5 nitrogen and oxygen atoms in total. The Morgan fingerprint density at radius 2 is 1.79 bits per heavy atom. The van der Waals surface area contributed by atoms with Crippen LogP contribution in [0.25, 0.3) is 0 Å². The molecule has 0 aliphatic carbocycles. The van der Waals surface area contributed by atoms with Gasteiger partial charge in [-0.3, -0.25) is 0 Å². The Morgan fingerprint density at radius 3 is 1.93 bits per heavy atom. The summed E-state index contributed by atoms with van der Waals surface area (Å²) >= 11 is 0. The minimum Gasteiger partial charge on any atom is -0.349 e. The van der Waals surface area contributed by atoms with Gasteiger partial charge in [-0.2, -0.15) is 8.42 Å². The van der Waals surface area contributed by atoms with Crippen LogP contribution in [0.15, 0.2) is 34.7 Å². The topological polar surface area (TPSA) is 89.6 Å². The number of amides is 2. The second-order valence-electron chi connectivity index (χ2n) is 2.30. The minimum absolute atomic E-state index is 1.20. The molecule has 14 heavy (non-hydrogen) atoms. The number of urea groups is 1. The van der Waals surface area contributed by atoms with E-state index in [9.17, 15) is 13.2 Å². The number of carbonyl (C=O) groups is 1. The van der Waals surface area contributed by atoms with Gasteiger partial charge >= 0.3 is 16.5 Å². The number of hydrogen-bond acceptors (Lipinski definition) is 3. The van der Waals surface area contributed by atoms with Crippen LogP contribution >= 0.6 is 0 Å². The molecule has 1 aromatic carbocycles. The molecule has 0 radical (unpaired) electrons. The summed E-state index contributed by atoms with van der Waals surface area (Å²) in [7, 11) is -2.70. The Hall–Kier alpha value is -1.69. The Morgan fingerprint density at radius 1 is 1.29 bits per heavy atom. The zero-order chi connectivity index (χ0) is 11.0. The van der Waals surface area contributed by atoms with Gasteiger partial charge in [-0.25, -0.2) is 4.79 Å². The summed E-state index contributed by atoms with van der Waals surface area (Å²) in [5, 5.41) is 0. The highest BCUT2D eigenvalue weighted by Gasteiger charge is 1.80. The first-order chi connectivity index (χ1) is 6.52. The molecule has 0 aliphatic heterocycles. The number of primary amides is 1.